The number of thiophene rings is 1. The molecule has 1 N–H and O–H groups in total. The van der Waals surface area contributed by atoms with Crippen LogP contribution in [0.4, 0.5) is 0 Å². The standard InChI is InChI=1S/C15H16BrNOS/c1-2-14(11-6-4-3-5-7-11)15(18)17-9-13-8-12(16)10-19-13/h3-8,10,14H,2,9H2,1H3,(H,17,18). The number of amides is 1. The lowest BCUT2D eigenvalue weighted by molar-refractivity contribution is -0.122. The number of nitrogens with one attached hydrogen (secondary N) is 1. The number of hydrogen-bond acceptors (Lipinski definition) is 2. The van der Waals surface area contributed by atoms with Crippen molar-refractivity contribution in [2.75, 3.05) is 0 Å². The van der Waals surface area contributed by atoms with E-state index in [2.05, 4.69) is 21.2 Å². The van der Waals surface area contributed by atoms with Crippen LogP contribution in [0, 0.1) is 0 Å². The third kappa shape index (κ3) is 3.91. The van der Waals surface area contributed by atoms with Crippen molar-refractivity contribution >= 4 is 33.2 Å². The number of carbonyl (C=O) groups excluding carboxylic acids is 1. The summed E-state index contributed by atoms with van der Waals surface area (Å²) in [4.78, 5) is 13.4. The van der Waals surface area contributed by atoms with Crippen LogP contribution in [0.1, 0.15) is 29.7 Å². The molecular weight excluding hydrogens is 322 g/mol. The summed E-state index contributed by atoms with van der Waals surface area (Å²) in [6.45, 7) is 2.64. The Kier molecular flexibility index (Phi) is 5.16. The molecule has 0 fully saturated rings. The van der Waals surface area contributed by atoms with Crippen molar-refractivity contribution in [3.63, 3.8) is 0 Å². The average molecular weight is 338 g/mol. The van der Waals surface area contributed by atoms with Gasteiger partial charge in [-0.15, -0.1) is 11.3 Å². The van der Waals surface area contributed by atoms with Crippen LogP contribution in [0.25, 0.3) is 0 Å². The fraction of sp³-hybridized carbons (Fsp3) is 0.267. The molecule has 0 radical (unpaired) electrons. The van der Waals surface area contributed by atoms with Gasteiger partial charge in [-0.3, -0.25) is 4.79 Å². The first-order valence-electron chi connectivity index (χ1n) is 6.26. The summed E-state index contributed by atoms with van der Waals surface area (Å²) < 4.78 is 1.07. The second kappa shape index (κ2) is 6.87. The molecule has 2 rings (SSSR count). The summed E-state index contributed by atoms with van der Waals surface area (Å²) in [5, 5.41) is 5.04. The Bertz CT molecular complexity index is 538. The third-order valence-electron chi connectivity index (χ3n) is 2.99. The molecule has 0 aliphatic rings. The van der Waals surface area contributed by atoms with Gasteiger partial charge in [-0.2, -0.15) is 0 Å². The summed E-state index contributed by atoms with van der Waals surface area (Å²) >= 11 is 5.06. The highest BCUT2D eigenvalue weighted by Crippen LogP contribution is 2.21. The van der Waals surface area contributed by atoms with E-state index in [-0.39, 0.29) is 11.8 Å². The predicted molar refractivity (Wildman–Crippen MR) is 83.3 cm³/mol. The van der Waals surface area contributed by atoms with E-state index in [1.54, 1.807) is 11.3 Å². The molecule has 1 atom stereocenters. The molecule has 0 saturated carbocycles. The zero-order chi connectivity index (χ0) is 13.7. The minimum Gasteiger partial charge on any atom is -0.351 e. The molecule has 0 aliphatic carbocycles. The summed E-state index contributed by atoms with van der Waals surface area (Å²) in [5.41, 5.74) is 1.08. The number of hydrogen-bond donors (Lipinski definition) is 1. The van der Waals surface area contributed by atoms with Crippen molar-refractivity contribution < 1.29 is 4.79 Å². The molecule has 1 aromatic carbocycles. The highest BCUT2D eigenvalue weighted by Gasteiger charge is 2.17. The molecule has 0 saturated heterocycles. The molecule has 0 aliphatic heterocycles. The maximum absolute atomic E-state index is 12.2. The largest absolute Gasteiger partial charge is 0.351 e. The van der Waals surface area contributed by atoms with Crippen molar-refractivity contribution in [1.82, 2.24) is 5.32 Å². The fourth-order valence-corrected chi connectivity index (χ4v) is 3.39. The number of benzene rings is 1. The maximum atomic E-state index is 12.2. The highest BCUT2D eigenvalue weighted by atomic mass is 79.9. The second-order valence-electron chi connectivity index (χ2n) is 4.32. The molecule has 100 valence electrons. The van der Waals surface area contributed by atoms with Crippen LogP contribution in [0.3, 0.4) is 0 Å². The van der Waals surface area contributed by atoms with Crippen LogP contribution in [-0.4, -0.2) is 5.91 Å². The molecule has 0 spiro atoms. The molecule has 4 heteroatoms. The van der Waals surface area contributed by atoms with Crippen molar-refractivity contribution in [2.24, 2.45) is 0 Å². The van der Waals surface area contributed by atoms with Gasteiger partial charge in [0.2, 0.25) is 5.91 Å². The third-order valence-corrected chi connectivity index (χ3v) is 4.68. The Labute approximate surface area is 126 Å². The minimum absolute atomic E-state index is 0.0652. The molecule has 1 heterocycles. The lowest BCUT2D eigenvalue weighted by Gasteiger charge is -2.14. The van der Waals surface area contributed by atoms with Gasteiger partial charge in [0.15, 0.2) is 0 Å². The summed E-state index contributed by atoms with van der Waals surface area (Å²) in [6.07, 6.45) is 0.810. The maximum Gasteiger partial charge on any atom is 0.227 e. The first-order valence-corrected chi connectivity index (χ1v) is 7.93. The smallest absolute Gasteiger partial charge is 0.227 e. The van der Waals surface area contributed by atoms with Crippen LogP contribution in [-0.2, 0) is 11.3 Å². The van der Waals surface area contributed by atoms with Crippen LogP contribution in [0.5, 0.6) is 0 Å². The minimum atomic E-state index is -0.0652. The monoisotopic (exact) mass is 337 g/mol. The molecule has 2 nitrogen and oxygen atoms in total. The van der Waals surface area contributed by atoms with E-state index in [0.717, 1.165) is 21.3 Å². The van der Waals surface area contributed by atoms with Gasteiger partial charge in [0.25, 0.3) is 0 Å². The van der Waals surface area contributed by atoms with Crippen LogP contribution in [0.2, 0.25) is 0 Å². The lowest BCUT2D eigenvalue weighted by atomic mass is 9.96. The molecule has 19 heavy (non-hydrogen) atoms. The number of rotatable bonds is 5. The number of carbonyl (C=O) groups is 1. The van der Waals surface area contributed by atoms with Crippen LogP contribution in [0.15, 0.2) is 46.3 Å². The van der Waals surface area contributed by atoms with Gasteiger partial charge in [0.05, 0.1) is 12.5 Å². The topological polar surface area (TPSA) is 29.1 Å². The number of halogens is 1. The van der Waals surface area contributed by atoms with Gasteiger partial charge in [0.1, 0.15) is 0 Å². The normalized spacial score (nSPS) is 12.1. The van der Waals surface area contributed by atoms with E-state index < -0.39 is 0 Å². The Morgan fingerprint density at radius 1 is 1.37 bits per heavy atom. The Morgan fingerprint density at radius 2 is 2.11 bits per heavy atom. The second-order valence-corrected chi connectivity index (χ2v) is 6.23. The van der Waals surface area contributed by atoms with E-state index in [0.29, 0.717) is 6.54 Å². The van der Waals surface area contributed by atoms with Crippen molar-refractivity contribution in [1.29, 1.82) is 0 Å². The van der Waals surface area contributed by atoms with E-state index >= 15 is 0 Å². The fourth-order valence-electron chi connectivity index (χ4n) is 2.00. The molecule has 1 unspecified atom stereocenters. The van der Waals surface area contributed by atoms with Gasteiger partial charge in [-0.05, 0) is 34.0 Å². The summed E-state index contributed by atoms with van der Waals surface area (Å²) in [5.74, 6) is 0.0304. The van der Waals surface area contributed by atoms with E-state index in [1.165, 1.54) is 0 Å². The van der Waals surface area contributed by atoms with Crippen LogP contribution >= 0.6 is 27.3 Å². The van der Waals surface area contributed by atoms with Crippen molar-refractivity contribution in [2.45, 2.75) is 25.8 Å². The van der Waals surface area contributed by atoms with E-state index in [1.807, 2.05) is 48.7 Å². The Hall–Kier alpha value is -1.13. The van der Waals surface area contributed by atoms with Gasteiger partial charge in [-0.1, -0.05) is 37.3 Å². The van der Waals surface area contributed by atoms with Crippen molar-refractivity contribution in [3.8, 4) is 0 Å². The van der Waals surface area contributed by atoms with Crippen LogP contribution < -0.4 is 5.32 Å². The van der Waals surface area contributed by atoms with Gasteiger partial charge in [0, 0.05) is 14.7 Å². The SMILES string of the molecule is CCC(C(=O)NCc1cc(Br)cs1)c1ccccc1. The van der Waals surface area contributed by atoms with Gasteiger partial charge >= 0.3 is 0 Å². The predicted octanol–water partition coefficient (Wildman–Crippen LogP) is 4.32. The first kappa shape index (κ1) is 14.3. The quantitative estimate of drug-likeness (QED) is 0.864. The van der Waals surface area contributed by atoms with E-state index in [4.69, 9.17) is 0 Å². The zero-order valence-corrected chi connectivity index (χ0v) is 13.1. The molecule has 0 bridgehead atoms. The van der Waals surface area contributed by atoms with Gasteiger partial charge in [-0.25, -0.2) is 0 Å². The summed E-state index contributed by atoms with van der Waals surface area (Å²) in [7, 11) is 0. The zero-order valence-electron chi connectivity index (χ0n) is 10.7. The molecular formula is C15H16BrNOS. The Balaban J connectivity index is 1.98. The lowest BCUT2D eigenvalue weighted by Crippen LogP contribution is -2.28. The molecule has 1 aromatic heterocycles. The average Bonchev–Trinajstić information content (AvgIpc) is 2.84. The molecule has 2 aromatic rings. The Morgan fingerprint density at radius 3 is 2.68 bits per heavy atom. The molecule has 1 amide bonds. The highest BCUT2D eigenvalue weighted by molar-refractivity contribution is 9.10. The van der Waals surface area contributed by atoms with E-state index in [9.17, 15) is 4.79 Å². The first-order chi connectivity index (χ1) is 9.20. The van der Waals surface area contributed by atoms with Gasteiger partial charge < -0.3 is 5.32 Å². The van der Waals surface area contributed by atoms with Crippen molar-refractivity contribution in [3.05, 3.63) is 56.7 Å². The summed E-state index contributed by atoms with van der Waals surface area (Å²) in [6, 6.07) is 12.0.